The summed E-state index contributed by atoms with van der Waals surface area (Å²) in [7, 11) is 1.42. The van der Waals surface area contributed by atoms with Crippen LogP contribution in [0.5, 0.6) is 0 Å². The highest BCUT2D eigenvalue weighted by Crippen LogP contribution is 2.39. The quantitative estimate of drug-likeness (QED) is 0.404. The van der Waals surface area contributed by atoms with E-state index in [-0.39, 0.29) is 12.2 Å². The first-order valence-electron chi connectivity index (χ1n) is 5.53. The first kappa shape index (κ1) is 18.0. The minimum absolute atomic E-state index is 0.215. The number of halogens is 5. The highest BCUT2D eigenvalue weighted by molar-refractivity contribution is 8.13. The van der Waals surface area contributed by atoms with Crippen molar-refractivity contribution in [2.24, 2.45) is 5.92 Å². The maximum atomic E-state index is 13.3. The van der Waals surface area contributed by atoms with Crippen LogP contribution in [0.25, 0.3) is 0 Å². The second kappa shape index (κ2) is 6.41. The summed E-state index contributed by atoms with van der Waals surface area (Å²) in [6.45, 7) is 2.03. The smallest absolute Gasteiger partial charge is 0.234 e. The van der Waals surface area contributed by atoms with Crippen molar-refractivity contribution >= 4 is 19.7 Å². The third-order valence-electron chi connectivity index (χ3n) is 2.66. The first-order chi connectivity index (χ1) is 7.85. The Bertz CT molecular complexity index is 351. The Morgan fingerprint density at radius 2 is 1.67 bits per heavy atom. The first-order valence-corrected chi connectivity index (χ1v) is 8.01. The molecule has 0 aliphatic heterocycles. The van der Waals surface area contributed by atoms with Crippen molar-refractivity contribution in [1.29, 1.82) is 0 Å². The van der Waals surface area contributed by atoms with Crippen LogP contribution in [-0.2, 0) is 9.05 Å². The molecule has 18 heavy (non-hydrogen) atoms. The fraction of sp³-hybridized carbons (Fsp3) is 1.00. The van der Waals surface area contributed by atoms with Crippen LogP contribution < -0.4 is 0 Å². The van der Waals surface area contributed by atoms with Gasteiger partial charge in [-0.15, -0.1) is 0 Å². The van der Waals surface area contributed by atoms with Gasteiger partial charge in [-0.05, 0) is 25.7 Å². The van der Waals surface area contributed by atoms with Crippen LogP contribution in [-0.4, -0.2) is 26.0 Å². The van der Waals surface area contributed by atoms with Crippen molar-refractivity contribution in [2.75, 3.05) is 5.75 Å². The van der Waals surface area contributed by atoms with E-state index in [1.807, 2.05) is 0 Å². The number of hydrogen-bond donors (Lipinski definition) is 0. The van der Waals surface area contributed by atoms with E-state index in [2.05, 4.69) is 0 Å². The molecule has 0 radical (unpaired) electrons. The Hall–Kier alpha value is -0.0400. The lowest BCUT2D eigenvalue weighted by molar-refractivity contribution is -0.229. The van der Waals surface area contributed by atoms with E-state index < -0.39 is 33.2 Å². The zero-order chi connectivity index (χ0) is 14.6. The summed E-state index contributed by atoms with van der Waals surface area (Å²) in [5.41, 5.74) is -3.20. The maximum Gasteiger partial charge on any atom is 0.422 e. The summed E-state index contributed by atoms with van der Waals surface area (Å²) in [5, 5.41) is 0. The molecule has 0 fully saturated rings. The molecule has 0 rings (SSSR count). The van der Waals surface area contributed by atoms with Crippen LogP contribution >= 0.6 is 10.7 Å². The standard InChI is InChI=1S/C10H17ClF4O2S/c1-8(5-3-4-6-18(11,16)17)7-9(2,12)10(13,14)15/h8H,3-7H2,1-2H3. The van der Waals surface area contributed by atoms with Crippen LogP contribution in [0.15, 0.2) is 0 Å². The molecular formula is C10H17ClF4O2S. The van der Waals surface area contributed by atoms with Gasteiger partial charge in [0.05, 0.1) is 5.75 Å². The van der Waals surface area contributed by atoms with E-state index >= 15 is 0 Å². The third kappa shape index (κ3) is 7.41. The molecule has 110 valence electrons. The lowest BCUT2D eigenvalue weighted by atomic mass is 9.90. The molecule has 0 saturated carbocycles. The highest BCUT2D eigenvalue weighted by Gasteiger charge is 2.52. The topological polar surface area (TPSA) is 34.1 Å². The molecule has 0 aliphatic rings. The van der Waals surface area contributed by atoms with Gasteiger partial charge >= 0.3 is 6.18 Å². The summed E-state index contributed by atoms with van der Waals surface area (Å²) in [6.07, 6.45) is -4.49. The van der Waals surface area contributed by atoms with Gasteiger partial charge < -0.3 is 0 Å². The van der Waals surface area contributed by atoms with Crippen LogP contribution in [0.1, 0.15) is 39.5 Å². The highest BCUT2D eigenvalue weighted by atomic mass is 35.7. The molecule has 0 heterocycles. The van der Waals surface area contributed by atoms with Crippen molar-refractivity contribution in [3.8, 4) is 0 Å². The van der Waals surface area contributed by atoms with Gasteiger partial charge in [0.15, 0.2) is 0 Å². The van der Waals surface area contributed by atoms with Gasteiger partial charge in [0, 0.05) is 10.7 Å². The summed E-state index contributed by atoms with van der Waals surface area (Å²) < 4.78 is 71.3. The average Bonchev–Trinajstić information content (AvgIpc) is 2.08. The van der Waals surface area contributed by atoms with E-state index in [1.165, 1.54) is 6.92 Å². The van der Waals surface area contributed by atoms with Crippen molar-refractivity contribution in [3.63, 3.8) is 0 Å². The fourth-order valence-electron chi connectivity index (χ4n) is 1.64. The summed E-state index contributed by atoms with van der Waals surface area (Å²) >= 11 is 0. The van der Waals surface area contributed by atoms with Gasteiger partial charge in [0.2, 0.25) is 14.7 Å². The number of unbranched alkanes of at least 4 members (excludes halogenated alkanes) is 1. The Balaban J connectivity index is 4.03. The van der Waals surface area contributed by atoms with Gasteiger partial charge in [0.25, 0.3) is 0 Å². The molecule has 0 bridgehead atoms. The van der Waals surface area contributed by atoms with Crippen LogP contribution in [0.4, 0.5) is 17.6 Å². The average molecular weight is 313 g/mol. The van der Waals surface area contributed by atoms with Crippen molar-refractivity contribution in [1.82, 2.24) is 0 Å². The minimum Gasteiger partial charge on any atom is -0.234 e. The molecule has 0 saturated heterocycles. The molecule has 0 amide bonds. The molecule has 0 aliphatic carbocycles. The maximum absolute atomic E-state index is 13.3. The summed E-state index contributed by atoms with van der Waals surface area (Å²) in [5.74, 6) is -0.687. The largest absolute Gasteiger partial charge is 0.422 e. The van der Waals surface area contributed by atoms with Gasteiger partial charge in [0.1, 0.15) is 0 Å². The third-order valence-corrected chi connectivity index (χ3v) is 3.90. The monoisotopic (exact) mass is 312 g/mol. The van der Waals surface area contributed by atoms with Gasteiger partial charge in [-0.3, -0.25) is 0 Å². The second-order valence-electron chi connectivity index (χ2n) is 4.74. The van der Waals surface area contributed by atoms with E-state index in [9.17, 15) is 26.0 Å². The van der Waals surface area contributed by atoms with E-state index in [4.69, 9.17) is 10.7 Å². The number of alkyl halides is 4. The van der Waals surface area contributed by atoms with Crippen LogP contribution in [0.2, 0.25) is 0 Å². The Morgan fingerprint density at radius 1 is 1.17 bits per heavy atom. The number of hydrogen-bond acceptors (Lipinski definition) is 2. The minimum atomic E-state index is -4.87. The van der Waals surface area contributed by atoms with Gasteiger partial charge in [-0.1, -0.05) is 19.8 Å². The zero-order valence-corrected chi connectivity index (χ0v) is 11.8. The molecule has 0 aromatic rings. The SMILES string of the molecule is CC(CCCCS(=O)(=O)Cl)CC(C)(F)C(F)(F)F. The van der Waals surface area contributed by atoms with Crippen molar-refractivity contribution in [2.45, 2.75) is 51.4 Å². The molecule has 2 unspecified atom stereocenters. The molecular weight excluding hydrogens is 296 g/mol. The Morgan fingerprint density at radius 3 is 2.06 bits per heavy atom. The van der Waals surface area contributed by atoms with E-state index in [1.54, 1.807) is 0 Å². The molecule has 0 aromatic heterocycles. The zero-order valence-electron chi connectivity index (χ0n) is 10.2. The van der Waals surface area contributed by atoms with Crippen LogP contribution in [0.3, 0.4) is 0 Å². The van der Waals surface area contributed by atoms with Crippen molar-refractivity contribution in [3.05, 3.63) is 0 Å². The normalized spacial score (nSPS) is 18.4. The molecule has 0 spiro atoms. The summed E-state index contributed by atoms with van der Waals surface area (Å²) in [4.78, 5) is 0. The predicted octanol–water partition coefficient (Wildman–Crippen LogP) is 4.04. The van der Waals surface area contributed by atoms with Gasteiger partial charge in [-0.2, -0.15) is 13.2 Å². The lowest BCUT2D eigenvalue weighted by Gasteiger charge is -2.26. The molecule has 2 nitrogen and oxygen atoms in total. The predicted molar refractivity (Wildman–Crippen MR) is 62.8 cm³/mol. The van der Waals surface area contributed by atoms with Crippen LogP contribution in [0, 0.1) is 5.92 Å². The lowest BCUT2D eigenvalue weighted by Crippen LogP contribution is -2.39. The van der Waals surface area contributed by atoms with E-state index in [0.717, 1.165) is 0 Å². The molecule has 8 heteroatoms. The fourth-order valence-corrected chi connectivity index (χ4v) is 2.52. The Kier molecular flexibility index (Phi) is 6.40. The molecule has 0 aromatic carbocycles. The molecule has 0 N–H and O–H groups in total. The number of rotatable bonds is 7. The Labute approximate surface area is 109 Å². The van der Waals surface area contributed by atoms with Crippen molar-refractivity contribution < 1.29 is 26.0 Å². The van der Waals surface area contributed by atoms with Gasteiger partial charge in [-0.25, -0.2) is 12.8 Å². The van der Waals surface area contributed by atoms with E-state index in [0.29, 0.717) is 19.8 Å². The molecule has 2 atom stereocenters. The second-order valence-corrected chi connectivity index (χ2v) is 7.64. The summed E-state index contributed by atoms with van der Waals surface area (Å²) in [6, 6.07) is 0.